The Bertz CT molecular complexity index is 706. The molecule has 24 heavy (non-hydrogen) atoms. The van der Waals surface area contributed by atoms with Crippen LogP contribution in [0.2, 0.25) is 0 Å². The van der Waals surface area contributed by atoms with Crippen LogP contribution < -0.4 is 18.9 Å². The topological polar surface area (TPSA) is 36.9 Å². The Morgan fingerprint density at radius 1 is 0.667 bits per heavy atom. The van der Waals surface area contributed by atoms with Crippen LogP contribution in [0.1, 0.15) is 25.0 Å². The van der Waals surface area contributed by atoms with Gasteiger partial charge in [0.2, 0.25) is 0 Å². The number of benzene rings is 2. The SMILES string of the molecule is COc1cc2c3c(cc(OC)c(OC)c3c1OC)C[C@H](C)[C@H](C)C2. The predicted molar refractivity (Wildman–Crippen MR) is 95.9 cm³/mol. The van der Waals surface area contributed by atoms with Crippen LogP contribution in [-0.2, 0) is 12.8 Å². The maximum absolute atomic E-state index is 5.70. The minimum absolute atomic E-state index is 0.593. The molecule has 0 saturated carbocycles. The quantitative estimate of drug-likeness (QED) is 0.840. The van der Waals surface area contributed by atoms with Crippen molar-refractivity contribution in [1.82, 2.24) is 0 Å². The first-order valence-corrected chi connectivity index (χ1v) is 8.37. The molecular formula is C20H26O4. The van der Waals surface area contributed by atoms with Crippen LogP contribution in [0.5, 0.6) is 23.0 Å². The third-order valence-corrected chi connectivity index (χ3v) is 5.31. The Morgan fingerprint density at radius 2 is 1.08 bits per heavy atom. The van der Waals surface area contributed by atoms with Gasteiger partial charge in [-0.05, 0) is 53.3 Å². The number of hydrogen-bond donors (Lipinski definition) is 0. The van der Waals surface area contributed by atoms with Crippen LogP contribution in [-0.4, -0.2) is 28.4 Å². The monoisotopic (exact) mass is 330 g/mol. The van der Waals surface area contributed by atoms with Crippen molar-refractivity contribution in [1.29, 1.82) is 0 Å². The van der Waals surface area contributed by atoms with Gasteiger partial charge in [0.25, 0.3) is 0 Å². The summed E-state index contributed by atoms with van der Waals surface area (Å²) in [6.45, 7) is 4.63. The molecule has 0 spiro atoms. The van der Waals surface area contributed by atoms with Crippen molar-refractivity contribution in [2.24, 2.45) is 11.8 Å². The molecule has 0 fully saturated rings. The molecule has 0 amide bonds. The molecule has 0 saturated heterocycles. The maximum Gasteiger partial charge on any atom is 0.172 e. The third kappa shape index (κ3) is 2.45. The summed E-state index contributed by atoms with van der Waals surface area (Å²) in [5.74, 6) is 4.07. The molecule has 0 aromatic heterocycles. The fourth-order valence-corrected chi connectivity index (χ4v) is 3.82. The molecule has 2 aromatic carbocycles. The Balaban J connectivity index is 2.49. The zero-order valence-electron chi connectivity index (χ0n) is 15.4. The Kier molecular flexibility index (Phi) is 4.48. The van der Waals surface area contributed by atoms with Crippen LogP contribution in [0.15, 0.2) is 12.1 Å². The van der Waals surface area contributed by atoms with Gasteiger partial charge in [0.15, 0.2) is 23.0 Å². The fourth-order valence-electron chi connectivity index (χ4n) is 3.82. The van der Waals surface area contributed by atoms with Crippen molar-refractivity contribution in [2.75, 3.05) is 28.4 Å². The molecule has 0 radical (unpaired) electrons. The summed E-state index contributed by atoms with van der Waals surface area (Å²) in [6.07, 6.45) is 2.03. The van der Waals surface area contributed by atoms with E-state index in [-0.39, 0.29) is 0 Å². The van der Waals surface area contributed by atoms with Gasteiger partial charge in [-0.1, -0.05) is 13.8 Å². The minimum Gasteiger partial charge on any atom is -0.493 e. The van der Waals surface area contributed by atoms with Gasteiger partial charge in [0.1, 0.15) is 0 Å². The second-order valence-electron chi connectivity index (χ2n) is 6.66. The molecule has 1 aliphatic carbocycles. The van der Waals surface area contributed by atoms with E-state index in [0.29, 0.717) is 23.3 Å². The van der Waals surface area contributed by atoms with E-state index in [0.717, 1.165) is 29.7 Å². The van der Waals surface area contributed by atoms with Crippen molar-refractivity contribution in [3.63, 3.8) is 0 Å². The molecule has 2 aromatic rings. The number of methoxy groups -OCH3 is 4. The fraction of sp³-hybridized carbons (Fsp3) is 0.500. The Hall–Kier alpha value is -2.10. The highest BCUT2D eigenvalue weighted by Gasteiger charge is 2.28. The van der Waals surface area contributed by atoms with Gasteiger partial charge >= 0.3 is 0 Å². The first-order valence-electron chi connectivity index (χ1n) is 8.37. The average Bonchev–Trinajstić information content (AvgIpc) is 2.71. The molecule has 3 rings (SSSR count). The van der Waals surface area contributed by atoms with E-state index >= 15 is 0 Å². The maximum atomic E-state index is 5.70. The van der Waals surface area contributed by atoms with Gasteiger partial charge < -0.3 is 18.9 Å². The second kappa shape index (κ2) is 6.42. The van der Waals surface area contributed by atoms with Crippen LogP contribution in [0.4, 0.5) is 0 Å². The molecule has 2 atom stereocenters. The van der Waals surface area contributed by atoms with Crippen LogP contribution in [0.25, 0.3) is 10.8 Å². The summed E-state index contributed by atoms with van der Waals surface area (Å²) in [5, 5.41) is 2.17. The Morgan fingerprint density at radius 3 is 1.42 bits per heavy atom. The van der Waals surface area contributed by atoms with E-state index < -0.39 is 0 Å². The lowest BCUT2D eigenvalue weighted by Gasteiger charge is -2.20. The molecule has 1 aliphatic rings. The molecule has 0 unspecified atom stereocenters. The van der Waals surface area contributed by atoms with Gasteiger partial charge in [-0.3, -0.25) is 0 Å². The Labute approximate surface area is 143 Å². The number of rotatable bonds is 4. The normalized spacial score (nSPS) is 19.8. The molecule has 0 N–H and O–H groups in total. The third-order valence-electron chi connectivity index (χ3n) is 5.31. The molecular weight excluding hydrogens is 304 g/mol. The van der Waals surface area contributed by atoms with E-state index in [1.54, 1.807) is 28.4 Å². The molecule has 0 aliphatic heterocycles. The average molecular weight is 330 g/mol. The summed E-state index contributed by atoms with van der Waals surface area (Å²) in [7, 11) is 6.68. The molecule has 130 valence electrons. The lowest BCUT2D eigenvalue weighted by atomic mass is 9.89. The highest BCUT2D eigenvalue weighted by molar-refractivity contribution is 6.02. The first-order chi connectivity index (χ1) is 11.5. The standard InChI is InChI=1S/C20H26O4/c1-11-7-13-9-15(21-3)19(23-5)18-17(13)14(8-12(11)2)10-16(22-4)20(18)24-6/h9-12H,7-8H2,1-6H3/t11-,12+. The summed E-state index contributed by atoms with van der Waals surface area (Å²) in [6, 6.07) is 4.23. The van der Waals surface area contributed by atoms with E-state index in [1.807, 2.05) is 0 Å². The summed E-state index contributed by atoms with van der Waals surface area (Å²) in [5.41, 5.74) is 2.57. The van der Waals surface area contributed by atoms with Gasteiger partial charge in [-0.2, -0.15) is 0 Å². The minimum atomic E-state index is 0.593. The van der Waals surface area contributed by atoms with Gasteiger partial charge in [-0.15, -0.1) is 0 Å². The largest absolute Gasteiger partial charge is 0.493 e. The van der Waals surface area contributed by atoms with E-state index in [4.69, 9.17) is 18.9 Å². The molecule has 0 heterocycles. The van der Waals surface area contributed by atoms with Crippen molar-refractivity contribution in [3.8, 4) is 23.0 Å². The van der Waals surface area contributed by atoms with Gasteiger partial charge in [0.05, 0.1) is 33.8 Å². The molecule has 0 bridgehead atoms. The highest BCUT2D eigenvalue weighted by Crippen LogP contribution is 2.50. The van der Waals surface area contributed by atoms with Gasteiger partial charge in [0, 0.05) is 0 Å². The van der Waals surface area contributed by atoms with Crippen LogP contribution >= 0.6 is 0 Å². The lowest BCUT2D eigenvalue weighted by Crippen LogP contribution is -2.10. The van der Waals surface area contributed by atoms with Gasteiger partial charge in [-0.25, -0.2) is 0 Å². The smallest absolute Gasteiger partial charge is 0.172 e. The van der Waals surface area contributed by atoms with Crippen molar-refractivity contribution < 1.29 is 18.9 Å². The molecule has 4 heteroatoms. The second-order valence-corrected chi connectivity index (χ2v) is 6.66. The summed E-state index contributed by atoms with van der Waals surface area (Å²) >= 11 is 0. The lowest BCUT2D eigenvalue weighted by molar-refractivity contribution is 0.347. The summed E-state index contributed by atoms with van der Waals surface area (Å²) in [4.78, 5) is 0. The highest BCUT2D eigenvalue weighted by atomic mass is 16.5. The number of ether oxygens (including phenoxy) is 4. The van der Waals surface area contributed by atoms with Crippen molar-refractivity contribution in [2.45, 2.75) is 26.7 Å². The summed E-state index contributed by atoms with van der Waals surface area (Å²) < 4.78 is 22.6. The van der Waals surface area contributed by atoms with Crippen LogP contribution in [0.3, 0.4) is 0 Å². The van der Waals surface area contributed by atoms with Crippen molar-refractivity contribution >= 4 is 10.8 Å². The van der Waals surface area contributed by atoms with E-state index in [2.05, 4.69) is 26.0 Å². The van der Waals surface area contributed by atoms with E-state index in [1.165, 1.54) is 16.5 Å². The molecule has 4 nitrogen and oxygen atoms in total. The van der Waals surface area contributed by atoms with Crippen LogP contribution in [0, 0.1) is 11.8 Å². The zero-order chi connectivity index (χ0) is 17.4. The number of hydrogen-bond acceptors (Lipinski definition) is 4. The van der Waals surface area contributed by atoms with Crippen molar-refractivity contribution in [3.05, 3.63) is 23.3 Å². The van der Waals surface area contributed by atoms with E-state index in [9.17, 15) is 0 Å². The zero-order valence-corrected chi connectivity index (χ0v) is 15.4. The predicted octanol–water partition coefficient (Wildman–Crippen LogP) is 4.25. The first kappa shape index (κ1) is 16.7.